The number of guanidine groups is 1. The highest BCUT2D eigenvalue weighted by Gasteiger charge is 2.25. The van der Waals surface area contributed by atoms with Gasteiger partial charge in [-0.3, -0.25) is 9.79 Å². The summed E-state index contributed by atoms with van der Waals surface area (Å²) in [6, 6.07) is 8.74. The third-order valence-corrected chi connectivity index (χ3v) is 6.50. The molecule has 0 bridgehead atoms. The standard InChI is InChI=1S/C21H32N4OS/c1-3-22-21(24-17-10-11-18(15-17)27-2)23-13-6-9-20(26)25-14-12-16-7-4-5-8-19(16)25/h4-5,7-8,17-18H,3,6,9-15H2,1-2H3,(H2,22,23,24). The molecular weight excluding hydrogens is 356 g/mol. The van der Waals surface area contributed by atoms with Crippen molar-refractivity contribution in [2.75, 3.05) is 30.8 Å². The van der Waals surface area contributed by atoms with Crippen LogP contribution in [0.5, 0.6) is 0 Å². The molecule has 148 valence electrons. The minimum atomic E-state index is 0.215. The Kier molecular flexibility index (Phi) is 7.44. The Labute approximate surface area is 167 Å². The van der Waals surface area contributed by atoms with Crippen molar-refractivity contribution in [3.05, 3.63) is 29.8 Å². The van der Waals surface area contributed by atoms with E-state index in [9.17, 15) is 4.79 Å². The highest BCUT2D eigenvalue weighted by atomic mass is 32.2. The van der Waals surface area contributed by atoms with Crippen molar-refractivity contribution in [2.24, 2.45) is 4.99 Å². The minimum Gasteiger partial charge on any atom is -0.357 e. The Morgan fingerprint density at radius 3 is 2.96 bits per heavy atom. The van der Waals surface area contributed by atoms with E-state index < -0.39 is 0 Å². The first-order valence-electron chi connectivity index (χ1n) is 10.2. The van der Waals surface area contributed by atoms with E-state index in [4.69, 9.17) is 0 Å². The van der Waals surface area contributed by atoms with Gasteiger partial charge in [-0.15, -0.1) is 0 Å². The molecule has 2 N–H and O–H groups in total. The lowest BCUT2D eigenvalue weighted by Gasteiger charge is -2.18. The molecule has 1 aliphatic heterocycles. The fourth-order valence-electron chi connectivity index (χ4n) is 3.95. The molecule has 0 aromatic heterocycles. The number of thioether (sulfide) groups is 1. The molecule has 0 radical (unpaired) electrons. The zero-order valence-electron chi connectivity index (χ0n) is 16.5. The van der Waals surface area contributed by atoms with Crippen LogP contribution in [0.3, 0.4) is 0 Å². The van der Waals surface area contributed by atoms with Crippen LogP contribution in [0.1, 0.15) is 44.6 Å². The van der Waals surface area contributed by atoms with Gasteiger partial charge in [0.1, 0.15) is 0 Å². The van der Waals surface area contributed by atoms with Gasteiger partial charge in [-0.2, -0.15) is 11.8 Å². The van der Waals surface area contributed by atoms with Crippen LogP contribution in [-0.2, 0) is 11.2 Å². The van der Waals surface area contributed by atoms with E-state index in [2.05, 4.69) is 40.9 Å². The van der Waals surface area contributed by atoms with Gasteiger partial charge in [-0.25, -0.2) is 0 Å². The lowest BCUT2D eigenvalue weighted by atomic mass is 10.2. The fourth-order valence-corrected chi connectivity index (χ4v) is 4.75. The lowest BCUT2D eigenvalue weighted by molar-refractivity contribution is -0.118. The van der Waals surface area contributed by atoms with Crippen molar-refractivity contribution in [2.45, 2.75) is 56.7 Å². The quantitative estimate of drug-likeness (QED) is 0.428. The first-order valence-corrected chi connectivity index (χ1v) is 11.5. The summed E-state index contributed by atoms with van der Waals surface area (Å²) in [7, 11) is 0. The molecule has 2 atom stereocenters. The first kappa shape index (κ1) is 20.1. The maximum Gasteiger partial charge on any atom is 0.227 e. The van der Waals surface area contributed by atoms with Crippen molar-refractivity contribution in [1.29, 1.82) is 0 Å². The van der Waals surface area contributed by atoms with Crippen molar-refractivity contribution in [3.63, 3.8) is 0 Å². The molecule has 1 fully saturated rings. The zero-order chi connectivity index (χ0) is 19.1. The summed E-state index contributed by atoms with van der Waals surface area (Å²) in [4.78, 5) is 19.2. The third-order valence-electron chi connectivity index (χ3n) is 5.41. The molecule has 3 rings (SSSR count). The molecule has 5 nitrogen and oxygen atoms in total. The van der Waals surface area contributed by atoms with Gasteiger partial charge in [-0.1, -0.05) is 18.2 Å². The number of anilines is 1. The number of carbonyl (C=O) groups is 1. The molecule has 2 aliphatic rings. The smallest absolute Gasteiger partial charge is 0.227 e. The monoisotopic (exact) mass is 388 g/mol. The maximum absolute atomic E-state index is 12.6. The number of benzene rings is 1. The number of amides is 1. The second-order valence-corrected chi connectivity index (χ2v) is 8.44. The third kappa shape index (κ3) is 5.41. The normalized spacial score (nSPS) is 22.0. The topological polar surface area (TPSA) is 56.7 Å². The summed E-state index contributed by atoms with van der Waals surface area (Å²) >= 11 is 1.97. The van der Waals surface area contributed by atoms with Crippen molar-refractivity contribution in [3.8, 4) is 0 Å². The number of hydrogen-bond acceptors (Lipinski definition) is 3. The Morgan fingerprint density at radius 1 is 1.33 bits per heavy atom. The van der Waals surface area contributed by atoms with Gasteiger partial charge < -0.3 is 15.5 Å². The molecule has 1 heterocycles. The molecule has 0 spiro atoms. The van der Waals surface area contributed by atoms with Crippen LogP contribution in [0, 0.1) is 0 Å². The fraction of sp³-hybridized carbons (Fsp3) is 0.619. The van der Waals surface area contributed by atoms with E-state index in [1.807, 2.05) is 28.8 Å². The van der Waals surface area contributed by atoms with Crippen molar-refractivity contribution < 1.29 is 4.79 Å². The van der Waals surface area contributed by atoms with E-state index in [-0.39, 0.29) is 5.91 Å². The zero-order valence-corrected chi connectivity index (χ0v) is 17.4. The Balaban J connectivity index is 1.45. The second kappa shape index (κ2) is 10.0. The Hall–Kier alpha value is -1.69. The molecule has 1 saturated carbocycles. The van der Waals surface area contributed by atoms with Crippen LogP contribution in [0.25, 0.3) is 0 Å². The average Bonchev–Trinajstić information content (AvgIpc) is 3.31. The van der Waals surface area contributed by atoms with Gasteiger partial charge in [0.25, 0.3) is 0 Å². The van der Waals surface area contributed by atoms with E-state index in [0.717, 1.165) is 42.8 Å². The highest BCUT2D eigenvalue weighted by Crippen LogP contribution is 2.29. The van der Waals surface area contributed by atoms with Gasteiger partial charge in [0.05, 0.1) is 0 Å². The van der Waals surface area contributed by atoms with E-state index in [0.29, 0.717) is 19.0 Å². The Morgan fingerprint density at radius 2 is 2.19 bits per heavy atom. The SMILES string of the molecule is CCNC(=NCCCC(=O)N1CCc2ccccc21)NC1CCC(SC)C1. The van der Waals surface area contributed by atoms with Gasteiger partial charge in [-0.05, 0) is 56.9 Å². The lowest BCUT2D eigenvalue weighted by Crippen LogP contribution is -2.42. The number of nitrogens with zero attached hydrogens (tertiary/aromatic N) is 2. The summed E-state index contributed by atoms with van der Waals surface area (Å²) in [5.74, 6) is 1.11. The summed E-state index contributed by atoms with van der Waals surface area (Å²) in [6.07, 6.45) is 8.20. The predicted molar refractivity (Wildman–Crippen MR) is 116 cm³/mol. The molecular formula is C21H32N4OS. The second-order valence-electron chi connectivity index (χ2n) is 7.30. The number of aliphatic imine (C=N–C) groups is 1. The molecule has 1 aromatic carbocycles. The van der Waals surface area contributed by atoms with Gasteiger partial charge in [0.2, 0.25) is 5.91 Å². The summed E-state index contributed by atoms with van der Waals surface area (Å²) < 4.78 is 0. The molecule has 0 saturated heterocycles. The predicted octanol–water partition coefficient (Wildman–Crippen LogP) is 3.20. The number of fused-ring (bicyclic) bond motifs is 1. The summed E-state index contributed by atoms with van der Waals surface area (Å²) in [5.41, 5.74) is 2.37. The molecule has 1 aliphatic carbocycles. The molecule has 2 unspecified atom stereocenters. The van der Waals surface area contributed by atoms with Crippen LogP contribution in [0.4, 0.5) is 5.69 Å². The number of nitrogens with one attached hydrogen (secondary N) is 2. The van der Waals surface area contributed by atoms with Crippen LogP contribution < -0.4 is 15.5 Å². The minimum absolute atomic E-state index is 0.215. The highest BCUT2D eigenvalue weighted by molar-refractivity contribution is 7.99. The molecule has 6 heteroatoms. The van der Waals surface area contributed by atoms with Crippen molar-refractivity contribution >= 4 is 29.3 Å². The van der Waals surface area contributed by atoms with Crippen LogP contribution in [-0.4, -0.2) is 49.0 Å². The van der Waals surface area contributed by atoms with E-state index in [1.54, 1.807) is 0 Å². The number of hydrogen-bond donors (Lipinski definition) is 2. The van der Waals surface area contributed by atoms with Crippen LogP contribution in [0.2, 0.25) is 0 Å². The Bertz CT molecular complexity index is 663. The molecule has 1 aromatic rings. The maximum atomic E-state index is 12.6. The van der Waals surface area contributed by atoms with Gasteiger partial charge >= 0.3 is 0 Å². The molecule has 1 amide bonds. The van der Waals surface area contributed by atoms with E-state index >= 15 is 0 Å². The average molecular weight is 389 g/mol. The summed E-state index contributed by atoms with van der Waals surface area (Å²) in [6.45, 7) is 4.43. The largest absolute Gasteiger partial charge is 0.357 e. The number of carbonyl (C=O) groups excluding carboxylic acids is 1. The van der Waals surface area contributed by atoms with E-state index in [1.165, 1.54) is 24.8 Å². The van der Waals surface area contributed by atoms with Crippen LogP contribution >= 0.6 is 11.8 Å². The molecule has 27 heavy (non-hydrogen) atoms. The number of rotatable bonds is 7. The van der Waals surface area contributed by atoms with Gasteiger partial charge in [0, 0.05) is 43.0 Å². The van der Waals surface area contributed by atoms with Crippen molar-refractivity contribution in [1.82, 2.24) is 10.6 Å². The van der Waals surface area contributed by atoms with Crippen LogP contribution in [0.15, 0.2) is 29.3 Å². The first-order chi connectivity index (χ1) is 13.2. The number of para-hydroxylation sites is 1. The summed E-state index contributed by atoms with van der Waals surface area (Å²) in [5, 5.41) is 7.67. The van der Waals surface area contributed by atoms with Gasteiger partial charge in [0.15, 0.2) is 5.96 Å².